The van der Waals surface area contributed by atoms with Gasteiger partial charge in [0.15, 0.2) is 0 Å². The van der Waals surface area contributed by atoms with Crippen LogP contribution in [0, 0.1) is 11.8 Å². The third-order valence-corrected chi connectivity index (χ3v) is 12.5. The van der Waals surface area contributed by atoms with E-state index in [1.165, 1.54) is 52.8 Å². The maximum Gasteiger partial charge on any atom is 0.410 e. The van der Waals surface area contributed by atoms with Crippen LogP contribution < -0.4 is 10.1 Å². The number of methoxy groups -OCH3 is 1. The lowest BCUT2D eigenvalue weighted by molar-refractivity contribution is -0.127. The molecule has 4 atom stereocenters. The summed E-state index contributed by atoms with van der Waals surface area (Å²) < 4.78 is 11.7. The standard InChI is InChI=1S/C41H49N3O4/c1-27-38-23-29-16-17-30(47-2)24-36(29)41(27,19-22-43(38)25-28-14-15-28)18-20-42-39(45)37-13-7-8-21-44(37)40(46)48-26-35-33-11-5-3-9-31(33)32-10-4-6-12-34(32)35/h3-6,9-12,16-17,24,27-28,35,37-38H,7-8,13-15,18-23,25-26H2,1-2H3,(H,42,45)/t27-,37-,38+,41?/m0/s1. The van der Waals surface area contributed by atoms with Gasteiger partial charge in [-0.2, -0.15) is 0 Å². The molecule has 3 fully saturated rings. The quantitative estimate of drug-likeness (QED) is 0.273. The van der Waals surface area contributed by atoms with Crippen molar-refractivity contribution in [2.75, 3.05) is 39.9 Å². The summed E-state index contributed by atoms with van der Waals surface area (Å²) in [6.45, 7) is 6.16. The number of ether oxygens (including phenoxy) is 2. The Labute approximate surface area is 285 Å². The summed E-state index contributed by atoms with van der Waals surface area (Å²) in [5.41, 5.74) is 7.61. The molecule has 8 rings (SSSR count). The topological polar surface area (TPSA) is 71.1 Å². The number of rotatable bonds is 9. The summed E-state index contributed by atoms with van der Waals surface area (Å²) >= 11 is 0. The minimum absolute atomic E-state index is 0.00354. The van der Waals surface area contributed by atoms with Gasteiger partial charge >= 0.3 is 6.09 Å². The van der Waals surface area contributed by atoms with E-state index in [0.717, 1.165) is 50.3 Å². The van der Waals surface area contributed by atoms with Crippen molar-refractivity contribution >= 4 is 12.0 Å². The van der Waals surface area contributed by atoms with Gasteiger partial charge in [-0.3, -0.25) is 14.6 Å². The summed E-state index contributed by atoms with van der Waals surface area (Å²) in [5, 5.41) is 3.31. The first kappa shape index (κ1) is 31.4. The molecule has 2 saturated heterocycles. The van der Waals surface area contributed by atoms with Gasteiger partial charge < -0.3 is 14.8 Å². The predicted octanol–water partition coefficient (Wildman–Crippen LogP) is 6.92. The van der Waals surface area contributed by atoms with Crippen LogP contribution in [0.4, 0.5) is 4.79 Å². The molecule has 5 aliphatic rings. The second-order valence-electron chi connectivity index (χ2n) is 15.0. The van der Waals surface area contributed by atoms with E-state index >= 15 is 0 Å². The fourth-order valence-corrected chi connectivity index (χ4v) is 9.63. The van der Waals surface area contributed by atoms with Crippen LogP contribution >= 0.6 is 0 Å². The van der Waals surface area contributed by atoms with Crippen molar-refractivity contribution in [1.29, 1.82) is 0 Å². The van der Waals surface area contributed by atoms with Gasteiger partial charge in [-0.25, -0.2) is 4.79 Å². The van der Waals surface area contributed by atoms with Crippen molar-refractivity contribution in [2.24, 2.45) is 11.8 Å². The normalized spacial score (nSPS) is 26.3. The summed E-state index contributed by atoms with van der Waals surface area (Å²) in [5.74, 6) is 2.20. The van der Waals surface area contributed by atoms with Crippen molar-refractivity contribution < 1.29 is 19.1 Å². The van der Waals surface area contributed by atoms with E-state index in [1.54, 1.807) is 12.0 Å². The molecule has 0 spiro atoms. The Morgan fingerprint density at radius 2 is 1.69 bits per heavy atom. The maximum atomic E-state index is 13.8. The molecule has 3 aromatic rings. The third kappa shape index (κ3) is 5.58. The number of carbonyl (C=O) groups is 2. The lowest BCUT2D eigenvalue weighted by Crippen LogP contribution is -2.60. The smallest absolute Gasteiger partial charge is 0.410 e. The monoisotopic (exact) mass is 647 g/mol. The summed E-state index contributed by atoms with van der Waals surface area (Å²) in [4.78, 5) is 31.9. The van der Waals surface area contributed by atoms with Crippen molar-refractivity contribution in [2.45, 2.75) is 81.7 Å². The largest absolute Gasteiger partial charge is 0.497 e. The highest BCUT2D eigenvalue weighted by atomic mass is 16.6. The van der Waals surface area contributed by atoms with E-state index in [9.17, 15) is 9.59 Å². The molecule has 2 amide bonds. The fourth-order valence-electron chi connectivity index (χ4n) is 9.63. The summed E-state index contributed by atoms with van der Waals surface area (Å²) in [6.07, 6.45) is 7.88. The highest BCUT2D eigenvalue weighted by Gasteiger charge is 2.51. The number of hydrogen-bond acceptors (Lipinski definition) is 5. The molecule has 1 saturated carbocycles. The van der Waals surface area contributed by atoms with Gasteiger partial charge in [0, 0.05) is 37.0 Å². The zero-order valence-electron chi connectivity index (χ0n) is 28.5. The van der Waals surface area contributed by atoms with Gasteiger partial charge in [0.2, 0.25) is 5.91 Å². The molecule has 3 aromatic carbocycles. The Hall–Kier alpha value is -3.84. The molecule has 1 N–H and O–H groups in total. The first-order chi connectivity index (χ1) is 23.5. The lowest BCUT2D eigenvalue weighted by atomic mass is 9.56. The second kappa shape index (κ2) is 12.9. The van der Waals surface area contributed by atoms with Gasteiger partial charge in [-0.05, 0) is 115 Å². The van der Waals surface area contributed by atoms with E-state index in [0.29, 0.717) is 31.5 Å². The average Bonchev–Trinajstić information content (AvgIpc) is 3.89. The molecule has 2 aliphatic heterocycles. The SMILES string of the molecule is COc1ccc2c(c1)C1(CCNC(=O)[C@@H]3CCCCN3C(=O)OCC3c4ccccc4-c4ccccc43)CCN(CC3CC3)[C@H](C2)[C@@H]1C. The number of benzene rings is 3. The van der Waals surface area contributed by atoms with Crippen LogP contribution in [-0.4, -0.2) is 73.8 Å². The molecule has 2 heterocycles. The number of carbonyl (C=O) groups excluding carboxylic acids is 2. The Morgan fingerprint density at radius 3 is 2.42 bits per heavy atom. The van der Waals surface area contributed by atoms with Crippen LogP contribution in [0.15, 0.2) is 66.7 Å². The number of likely N-dealkylation sites (tertiary alicyclic amines) is 2. The van der Waals surface area contributed by atoms with Gasteiger partial charge in [-0.15, -0.1) is 0 Å². The third-order valence-electron chi connectivity index (χ3n) is 12.5. The van der Waals surface area contributed by atoms with Crippen molar-refractivity contribution in [3.63, 3.8) is 0 Å². The Balaban J connectivity index is 0.942. The molecule has 3 aliphatic carbocycles. The average molecular weight is 648 g/mol. The van der Waals surface area contributed by atoms with E-state index < -0.39 is 6.04 Å². The Bertz CT molecular complexity index is 1640. The molecule has 2 bridgehead atoms. The fraction of sp³-hybridized carbons (Fsp3) is 0.512. The Morgan fingerprint density at radius 1 is 0.938 bits per heavy atom. The van der Waals surface area contributed by atoms with Crippen LogP contribution in [0.25, 0.3) is 11.1 Å². The number of nitrogens with one attached hydrogen (secondary N) is 1. The van der Waals surface area contributed by atoms with E-state index in [-0.39, 0.29) is 29.9 Å². The maximum absolute atomic E-state index is 13.8. The van der Waals surface area contributed by atoms with E-state index in [4.69, 9.17) is 9.47 Å². The molecule has 0 aromatic heterocycles. The van der Waals surface area contributed by atoms with Crippen molar-refractivity contribution in [3.8, 4) is 16.9 Å². The van der Waals surface area contributed by atoms with Gasteiger partial charge in [0.25, 0.3) is 0 Å². The second-order valence-corrected chi connectivity index (χ2v) is 15.0. The van der Waals surface area contributed by atoms with Crippen LogP contribution in [0.3, 0.4) is 0 Å². The number of piperidine rings is 2. The zero-order valence-corrected chi connectivity index (χ0v) is 28.5. The first-order valence-corrected chi connectivity index (χ1v) is 18.3. The van der Waals surface area contributed by atoms with Crippen LogP contribution in [-0.2, 0) is 21.4 Å². The van der Waals surface area contributed by atoms with Gasteiger partial charge in [-0.1, -0.05) is 61.5 Å². The highest BCUT2D eigenvalue weighted by molar-refractivity contribution is 5.86. The highest BCUT2D eigenvalue weighted by Crippen LogP contribution is 2.52. The van der Waals surface area contributed by atoms with Gasteiger partial charge in [0.1, 0.15) is 18.4 Å². The van der Waals surface area contributed by atoms with E-state index in [1.807, 2.05) is 12.1 Å². The molecular weight excluding hydrogens is 598 g/mol. The van der Waals surface area contributed by atoms with Gasteiger partial charge in [0.05, 0.1) is 7.11 Å². The molecule has 0 radical (unpaired) electrons. The van der Waals surface area contributed by atoms with Crippen LogP contribution in [0.2, 0.25) is 0 Å². The lowest BCUT2D eigenvalue weighted by Gasteiger charge is -2.56. The predicted molar refractivity (Wildman–Crippen MR) is 187 cm³/mol. The first-order valence-electron chi connectivity index (χ1n) is 18.3. The van der Waals surface area contributed by atoms with Crippen molar-refractivity contribution in [1.82, 2.24) is 15.1 Å². The molecule has 48 heavy (non-hydrogen) atoms. The molecule has 7 heteroatoms. The van der Waals surface area contributed by atoms with E-state index in [2.05, 4.69) is 71.7 Å². The number of amides is 2. The molecule has 1 unspecified atom stereocenters. The minimum Gasteiger partial charge on any atom is -0.497 e. The molecule has 7 nitrogen and oxygen atoms in total. The summed E-state index contributed by atoms with van der Waals surface area (Å²) in [7, 11) is 1.74. The number of hydrogen-bond donors (Lipinski definition) is 1. The zero-order chi connectivity index (χ0) is 32.8. The summed E-state index contributed by atoms with van der Waals surface area (Å²) in [6, 6.07) is 23.4. The van der Waals surface area contributed by atoms with Crippen LogP contribution in [0.1, 0.15) is 80.0 Å². The number of fused-ring (bicyclic) bond motifs is 7. The molecular formula is C41H49N3O4. The molecule has 252 valence electrons. The Kier molecular flexibility index (Phi) is 8.44. The minimum atomic E-state index is -0.504. The van der Waals surface area contributed by atoms with Crippen molar-refractivity contribution in [3.05, 3.63) is 89.0 Å². The number of nitrogens with zero attached hydrogens (tertiary/aromatic N) is 2. The van der Waals surface area contributed by atoms with Crippen LogP contribution in [0.5, 0.6) is 5.75 Å².